The fraction of sp³-hybridized carbons (Fsp3) is 0.600. The number of carbonyl (C=O) groups excluding carboxylic acids is 1. The van der Waals surface area contributed by atoms with Gasteiger partial charge in [0.2, 0.25) is 0 Å². The maximum atomic E-state index is 12.0. The van der Waals surface area contributed by atoms with Crippen LogP contribution in [-0.2, 0) is 0 Å². The van der Waals surface area contributed by atoms with Gasteiger partial charge in [0.05, 0.1) is 11.3 Å². The van der Waals surface area contributed by atoms with Crippen LogP contribution in [0.25, 0.3) is 0 Å². The molecule has 1 atom stereocenters. The molecule has 0 aromatic carbocycles. The number of rotatable bonds is 7. The van der Waals surface area contributed by atoms with Crippen molar-refractivity contribution in [1.29, 1.82) is 0 Å². The Morgan fingerprint density at radius 3 is 2.68 bits per heavy atom. The van der Waals surface area contributed by atoms with Crippen LogP contribution in [0.3, 0.4) is 0 Å². The van der Waals surface area contributed by atoms with E-state index < -0.39 is 0 Å². The molecule has 0 aliphatic carbocycles. The van der Waals surface area contributed by atoms with Crippen LogP contribution in [0.4, 0.5) is 5.69 Å². The van der Waals surface area contributed by atoms with Crippen LogP contribution in [-0.4, -0.2) is 23.5 Å². The smallest absolute Gasteiger partial charge is 0.253 e. The maximum absolute atomic E-state index is 12.0. The van der Waals surface area contributed by atoms with Gasteiger partial charge in [-0.1, -0.05) is 20.8 Å². The lowest BCUT2D eigenvalue weighted by molar-refractivity contribution is 0.0939. The Hall–Kier alpha value is -1.58. The van der Waals surface area contributed by atoms with E-state index in [-0.39, 0.29) is 11.9 Å². The van der Waals surface area contributed by atoms with Gasteiger partial charge in [-0.3, -0.25) is 9.78 Å². The van der Waals surface area contributed by atoms with E-state index in [2.05, 4.69) is 29.5 Å². The highest BCUT2D eigenvalue weighted by Crippen LogP contribution is 2.10. The molecule has 1 aromatic heterocycles. The molecule has 0 saturated heterocycles. The summed E-state index contributed by atoms with van der Waals surface area (Å²) >= 11 is 0. The number of carbonyl (C=O) groups is 1. The first-order valence-electron chi connectivity index (χ1n) is 7.02. The monoisotopic (exact) mass is 263 g/mol. The van der Waals surface area contributed by atoms with E-state index in [0.29, 0.717) is 11.5 Å². The molecule has 4 nitrogen and oxygen atoms in total. The predicted molar refractivity (Wildman–Crippen MR) is 79.4 cm³/mol. The Bertz CT molecular complexity index is 404. The van der Waals surface area contributed by atoms with Crippen LogP contribution in [0.15, 0.2) is 18.5 Å². The van der Waals surface area contributed by atoms with Crippen molar-refractivity contribution in [3.05, 3.63) is 24.0 Å². The summed E-state index contributed by atoms with van der Waals surface area (Å²) in [5.74, 6) is 0.603. The number of hydrogen-bond donors (Lipinski definition) is 2. The molecule has 1 heterocycles. The largest absolute Gasteiger partial charge is 0.384 e. The van der Waals surface area contributed by atoms with Gasteiger partial charge in [0, 0.05) is 25.0 Å². The molecule has 1 amide bonds. The van der Waals surface area contributed by atoms with E-state index in [1.165, 1.54) is 0 Å². The normalized spacial score (nSPS) is 12.3. The van der Waals surface area contributed by atoms with E-state index in [1.807, 2.05) is 19.9 Å². The number of nitrogens with one attached hydrogen (secondary N) is 2. The molecule has 2 N–H and O–H groups in total. The first-order chi connectivity index (χ1) is 9.02. The molecule has 0 radical (unpaired) electrons. The summed E-state index contributed by atoms with van der Waals surface area (Å²) in [7, 11) is 0. The molecular formula is C15H25N3O. The molecule has 0 saturated carbocycles. The molecule has 1 unspecified atom stereocenters. The van der Waals surface area contributed by atoms with Gasteiger partial charge in [-0.15, -0.1) is 0 Å². The molecule has 0 aliphatic heterocycles. The van der Waals surface area contributed by atoms with Gasteiger partial charge in [0.15, 0.2) is 0 Å². The van der Waals surface area contributed by atoms with Gasteiger partial charge >= 0.3 is 0 Å². The molecule has 1 aromatic rings. The summed E-state index contributed by atoms with van der Waals surface area (Å²) < 4.78 is 0. The number of anilines is 1. The van der Waals surface area contributed by atoms with E-state index in [0.717, 1.165) is 25.1 Å². The number of amides is 1. The van der Waals surface area contributed by atoms with E-state index in [4.69, 9.17) is 0 Å². The minimum atomic E-state index is -0.0608. The SMILES string of the molecule is CCC(C)NC(=O)c1cncc(NCCC(C)C)c1. The van der Waals surface area contributed by atoms with Crippen LogP contribution >= 0.6 is 0 Å². The van der Waals surface area contributed by atoms with Crippen molar-refractivity contribution in [3.8, 4) is 0 Å². The van der Waals surface area contributed by atoms with Gasteiger partial charge in [0.1, 0.15) is 0 Å². The summed E-state index contributed by atoms with van der Waals surface area (Å²) in [4.78, 5) is 16.1. The topological polar surface area (TPSA) is 54.0 Å². The van der Waals surface area contributed by atoms with Crippen LogP contribution < -0.4 is 10.6 Å². The molecule has 0 aliphatic rings. The lowest BCUT2D eigenvalue weighted by Gasteiger charge is -2.12. The van der Waals surface area contributed by atoms with Crippen LogP contribution in [0, 0.1) is 5.92 Å². The molecule has 0 bridgehead atoms. The third-order valence-corrected chi connectivity index (χ3v) is 3.04. The molecule has 0 fully saturated rings. The zero-order valence-corrected chi connectivity index (χ0v) is 12.4. The first kappa shape index (κ1) is 15.5. The zero-order valence-electron chi connectivity index (χ0n) is 12.4. The van der Waals surface area contributed by atoms with Crippen molar-refractivity contribution in [1.82, 2.24) is 10.3 Å². The van der Waals surface area contributed by atoms with Crippen molar-refractivity contribution in [3.63, 3.8) is 0 Å². The van der Waals surface area contributed by atoms with Crippen molar-refractivity contribution in [2.75, 3.05) is 11.9 Å². The van der Waals surface area contributed by atoms with Crippen LogP contribution in [0.2, 0.25) is 0 Å². The summed E-state index contributed by atoms with van der Waals surface area (Å²) in [5.41, 5.74) is 1.51. The molecule has 19 heavy (non-hydrogen) atoms. The Labute approximate surface area is 116 Å². The summed E-state index contributed by atoms with van der Waals surface area (Å²) in [6, 6.07) is 2.04. The number of pyridine rings is 1. The maximum Gasteiger partial charge on any atom is 0.253 e. The van der Waals surface area contributed by atoms with E-state index in [1.54, 1.807) is 12.4 Å². The second-order valence-electron chi connectivity index (χ2n) is 5.35. The third kappa shape index (κ3) is 5.73. The molecule has 106 valence electrons. The van der Waals surface area contributed by atoms with Gasteiger partial charge in [0.25, 0.3) is 5.91 Å². The molecular weight excluding hydrogens is 238 g/mol. The van der Waals surface area contributed by atoms with Crippen LogP contribution in [0.5, 0.6) is 0 Å². The van der Waals surface area contributed by atoms with Gasteiger partial charge in [-0.05, 0) is 31.7 Å². The number of aromatic nitrogens is 1. The Kier molecular flexibility index (Phi) is 6.33. The lowest BCUT2D eigenvalue weighted by atomic mass is 10.1. The summed E-state index contributed by atoms with van der Waals surface area (Å²) in [6.45, 7) is 9.32. The lowest BCUT2D eigenvalue weighted by Crippen LogP contribution is -2.32. The highest BCUT2D eigenvalue weighted by atomic mass is 16.1. The van der Waals surface area contributed by atoms with E-state index in [9.17, 15) is 4.79 Å². The van der Waals surface area contributed by atoms with Crippen molar-refractivity contribution in [2.24, 2.45) is 5.92 Å². The van der Waals surface area contributed by atoms with Crippen molar-refractivity contribution in [2.45, 2.75) is 46.6 Å². The second kappa shape index (κ2) is 7.77. The minimum Gasteiger partial charge on any atom is -0.384 e. The average molecular weight is 263 g/mol. The highest BCUT2D eigenvalue weighted by molar-refractivity contribution is 5.94. The van der Waals surface area contributed by atoms with Crippen molar-refractivity contribution >= 4 is 11.6 Å². The number of nitrogens with zero attached hydrogens (tertiary/aromatic N) is 1. The third-order valence-electron chi connectivity index (χ3n) is 3.04. The molecule has 1 rings (SSSR count). The predicted octanol–water partition coefficient (Wildman–Crippen LogP) is 3.07. The fourth-order valence-electron chi connectivity index (χ4n) is 1.58. The standard InChI is InChI=1S/C15H25N3O/c1-5-12(4)18-15(19)13-8-14(10-16-9-13)17-7-6-11(2)3/h8-12,17H,5-7H2,1-4H3,(H,18,19). The average Bonchev–Trinajstić information content (AvgIpc) is 2.38. The molecule has 0 spiro atoms. The van der Waals surface area contributed by atoms with Crippen molar-refractivity contribution < 1.29 is 4.79 Å². The quantitative estimate of drug-likeness (QED) is 0.795. The Morgan fingerprint density at radius 1 is 1.32 bits per heavy atom. The summed E-state index contributed by atoms with van der Waals surface area (Å²) in [6.07, 6.45) is 5.38. The second-order valence-corrected chi connectivity index (χ2v) is 5.35. The molecule has 4 heteroatoms. The van der Waals surface area contributed by atoms with Gasteiger partial charge in [-0.25, -0.2) is 0 Å². The van der Waals surface area contributed by atoms with E-state index >= 15 is 0 Å². The van der Waals surface area contributed by atoms with Gasteiger partial charge < -0.3 is 10.6 Å². The Morgan fingerprint density at radius 2 is 2.05 bits per heavy atom. The highest BCUT2D eigenvalue weighted by Gasteiger charge is 2.09. The minimum absolute atomic E-state index is 0.0608. The Balaban J connectivity index is 2.58. The van der Waals surface area contributed by atoms with Crippen LogP contribution in [0.1, 0.15) is 50.9 Å². The van der Waals surface area contributed by atoms with Gasteiger partial charge in [-0.2, -0.15) is 0 Å². The first-order valence-corrected chi connectivity index (χ1v) is 7.02. The summed E-state index contributed by atoms with van der Waals surface area (Å²) in [5, 5.41) is 6.24. The zero-order chi connectivity index (χ0) is 14.3. The fourth-order valence-corrected chi connectivity index (χ4v) is 1.58. The number of hydrogen-bond acceptors (Lipinski definition) is 3.